The molecular formula is C20H25ClN2O. The lowest BCUT2D eigenvalue weighted by Crippen LogP contribution is -2.36. The average molecular weight is 345 g/mol. The zero-order valence-electron chi connectivity index (χ0n) is 14.2. The smallest absolute Gasteiger partial charge is 0.254 e. The molecule has 0 spiro atoms. The lowest BCUT2D eigenvalue weighted by atomic mass is 9.93. The Morgan fingerprint density at radius 1 is 1.21 bits per heavy atom. The van der Waals surface area contributed by atoms with Crippen LogP contribution in [0.1, 0.15) is 34.8 Å². The van der Waals surface area contributed by atoms with Crippen LogP contribution in [0.3, 0.4) is 0 Å². The number of hydrogen-bond acceptors (Lipinski definition) is 2. The first-order chi connectivity index (χ1) is 11.1. The Balaban J connectivity index is 0.00000208. The molecule has 2 aromatic carbocycles. The topological polar surface area (TPSA) is 46.3 Å². The Bertz CT molecular complexity index is 702. The summed E-state index contributed by atoms with van der Waals surface area (Å²) in [5, 5.41) is 0. The predicted octanol–water partition coefficient (Wildman–Crippen LogP) is 4.09. The fourth-order valence-electron chi connectivity index (χ4n) is 3.50. The van der Waals surface area contributed by atoms with Gasteiger partial charge in [0.15, 0.2) is 0 Å². The van der Waals surface area contributed by atoms with E-state index in [9.17, 15) is 4.79 Å². The van der Waals surface area contributed by atoms with Crippen molar-refractivity contribution in [3.05, 3.63) is 65.2 Å². The summed E-state index contributed by atoms with van der Waals surface area (Å²) in [7, 11) is 0. The molecule has 1 heterocycles. The van der Waals surface area contributed by atoms with E-state index in [1.165, 1.54) is 5.56 Å². The van der Waals surface area contributed by atoms with E-state index in [4.69, 9.17) is 5.73 Å². The van der Waals surface area contributed by atoms with Gasteiger partial charge in [-0.15, -0.1) is 12.4 Å². The lowest BCUT2D eigenvalue weighted by molar-refractivity contribution is 0.0731. The van der Waals surface area contributed by atoms with Crippen LogP contribution in [-0.4, -0.2) is 23.4 Å². The van der Waals surface area contributed by atoms with Crippen LogP contribution in [0.15, 0.2) is 48.5 Å². The Morgan fingerprint density at radius 2 is 1.92 bits per heavy atom. The minimum Gasteiger partial charge on any atom is -0.399 e. The Hall–Kier alpha value is -2.00. The summed E-state index contributed by atoms with van der Waals surface area (Å²) < 4.78 is 0. The largest absolute Gasteiger partial charge is 0.399 e. The van der Waals surface area contributed by atoms with E-state index in [1.54, 1.807) is 6.07 Å². The van der Waals surface area contributed by atoms with Crippen molar-refractivity contribution in [2.45, 2.75) is 32.7 Å². The molecule has 128 valence electrons. The van der Waals surface area contributed by atoms with E-state index in [0.717, 1.165) is 30.5 Å². The van der Waals surface area contributed by atoms with Gasteiger partial charge in [-0.3, -0.25) is 4.79 Å². The van der Waals surface area contributed by atoms with Crippen LogP contribution in [0.2, 0.25) is 0 Å². The number of aryl methyl sites for hydroxylation is 1. The summed E-state index contributed by atoms with van der Waals surface area (Å²) >= 11 is 0. The molecule has 2 unspecified atom stereocenters. The van der Waals surface area contributed by atoms with Gasteiger partial charge in [0.1, 0.15) is 0 Å². The van der Waals surface area contributed by atoms with Crippen molar-refractivity contribution < 1.29 is 4.79 Å². The highest BCUT2D eigenvalue weighted by Crippen LogP contribution is 2.29. The number of likely N-dealkylation sites (tertiary alicyclic amines) is 1. The van der Waals surface area contributed by atoms with Crippen molar-refractivity contribution in [2.75, 3.05) is 12.3 Å². The number of rotatable bonds is 3. The number of amides is 1. The van der Waals surface area contributed by atoms with Gasteiger partial charge in [-0.25, -0.2) is 0 Å². The third-order valence-corrected chi connectivity index (χ3v) is 5.01. The normalized spacial score (nSPS) is 19.8. The molecular weight excluding hydrogens is 320 g/mol. The number of hydrogen-bond donors (Lipinski definition) is 1. The van der Waals surface area contributed by atoms with Gasteiger partial charge in [0.25, 0.3) is 5.91 Å². The molecule has 1 amide bonds. The van der Waals surface area contributed by atoms with E-state index in [-0.39, 0.29) is 24.4 Å². The highest BCUT2D eigenvalue weighted by atomic mass is 35.5. The molecule has 2 N–H and O–H groups in total. The van der Waals surface area contributed by atoms with E-state index in [0.29, 0.717) is 11.6 Å². The summed E-state index contributed by atoms with van der Waals surface area (Å²) in [6.45, 7) is 4.96. The standard InChI is InChI=1S/C20H24N2O.ClH/c1-14-8-9-18(21)13-19(14)20(23)22-11-10-17(15(22)2)12-16-6-4-3-5-7-16;/h3-9,13,15,17H,10-12,21H2,1-2H3;1H. The van der Waals surface area contributed by atoms with Crippen molar-refractivity contribution >= 4 is 24.0 Å². The fraction of sp³-hybridized carbons (Fsp3) is 0.350. The van der Waals surface area contributed by atoms with Gasteiger partial charge in [-0.05, 0) is 55.9 Å². The number of anilines is 1. The minimum absolute atomic E-state index is 0. The Labute approximate surface area is 150 Å². The Morgan fingerprint density at radius 3 is 2.62 bits per heavy atom. The zero-order chi connectivity index (χ0) is 16.4. The van der Waals surface area contributed by atoms with E-state index >= 15 is 0 Å². The molecule has 3 rings (SSSR count). The molecule has 4 heteroatoms. The average Bonchev–Trinajstić information content (AvgIpc) is 2.91. The van der Waals surface area contributed by atoms with E-state index in [2.05, 4.69) is 31.2 Å². The quantitative estimate of drug-likeness (QED) is 0.852. The fourth-order valence-corrected chi connectivity index (χ4v) is 3.50. The number of carbonyl (C=O) groups is 1. The van der Waals surface area contributed by atoms with Gasteiger partial charge in [-0.2, -0.15) is 0 Å². The molecule has 3 nitrogen and oxygen atoms in total. The maximum atomic E-state index is 12.9. The highest BCUT2D eigenvalue weighted by molar-refractivity contribution is 5.96. The van der Waals surface area contributed by atoms with Crippen LogP contribution in [0.25, 0.3) is 0 Å². The third-order valence-electron chi connectivity index (χ3n) is 5.01. The van der Waals surface area contributed by atoms with Crippen LogP contribution < -0.4 is 5.73 Å². The number of carbonyl (C=O) groups excluding carboxylic acids is 1. The summed E-state index contributed by atoms with van der Waals surface area (Å²) in [5.74, 6) is 0.626. The summed E-state index contributed by atoms with van der Waals surface area (Å²) in [6, 6.07) is 16.3. The third kappa shape index (κ3) is 3.73. The Kier molecular flexibility index (Phi) is 5.89. The van der Waals surface area contributed by atoms with Crippen molar-refractivity contribution in [1.29, 1.82) is 0 Å². The van der Waals surface area contributed by atoms with Crippen molar-refractivity contribution in [3.8, 4) is 0 Å². The highest BCUT2D eigenvalue weighted by Gasteiger charge is 2.34. The molecule has 1 fully saturated rings. The van der Waals surface area contributed by atoms with Crippen molar-refractivity contribution in [3.63, 3.8) is 0 Å². The summed E-state index contributed by atoms with van der Waals surface area (Å²) in [4.78, 5) is 14.9. The molecule has 0 saturated carbocycles. The number of benzene rings is 2. The number of halogens is 1. The van der Waals surface area contributed by atoms with Gasteiger partial charge in [0.05, 0.1) is 0 Å². The lowest BCUT2D eigenvalue weighted by Gasteiger charge is -2.25. The maximum Gasteiger partial charge on any atom is 0.254 e. The first-order valence-corrected chi connectivity index (χ1v) is 8.27. The van der Waals surface area contributed by atoms with E-state index in [1.807, 2.05) is 30.0 Å². The van der Waals surface area contributed by atoms with Gasteiger partial charge in [0.2, 0.25) is 0 Å². The molecule has 2 aromatic rings. The van der Waals surface area contributed by atoms with Crippen LogP contribution >= 0.6 is 12.4 Å². The van der Waals surface area contributed by atoms with Crippen LogP contribution in [0, 0.1) is 12.8 Å². The van der Waals surface area contributed by atoms with Crippen molar-refractivity contribution in [2.24, 2.45) is 5.92 Å². The van der Waals surface area contributed by atoms with Gasteiger partial charge in [0, 0.05) is 23.8 Å². The second-order valence-corrected chi connectivity index (χ2v) is 6.55. The second kappa shape index (κ2) is 7.71. The molecule has 0 radical (unpaired) electrons. The first-order valence-electron chi connectivity index (χ1n) is 8.27. The van der Waals surface area contributed by atoms with Crippen LogP contribution in [0.4, 0.5) is 5.69 Å². The molecule has 0 aromatic heterocycles. The second-order valence-electron chi connectivity index (χ2n) is 6.55. The minimum atomic E-state index is 0. The predicted molar refractivity (Wildman–Crippen MR) is 102 cm³/mol. The molecule has 1 saturated heterocycles. The SMILES string of the molecule is Cc1ccc(N)cc1C(=O)N1CCC(Cc2ccccc2)C1C.Cl. The number of nitrogen functional groups attached to an aromatic ring is 1. The van der Waals surface area contributed by atoms with Gasteiger partial charge < -0.3 is 10.6 Å². The molecule has 0 aliphatic carbocycles. The summed E-state index contributed by atoms with van der Waals surface area (Å²) in [5.41, 5.74) is 9.57. The molecule has 1 aliphatic rings. The van der Waals surface area contributed by atoms with Gasteiger partial charge in [-0.1, -0.05) is 36.4 Å². The van der Waals surface area contributed by atoms with Crippen LogP contribution in [0.5, 0.6) is 0 Å². The molecule has 1 aliphatic heterocycles. The summed E-state index contributed by atoms with van der Waals surface area (Å²) in [6.07, 6.45) is 2.09. The first kappa shape index (κ1) is 18.3. The maximum absolute atomic E-state index is 12.9. The zero-order valence-corrected chi connectivity index (χ0v) is 15.1. The number of nitrogens with two attached hydrogens (primary N) is 1. The van der Waals surface area contributed by atoms with Gasteiger partial charge >= 0.3 is 0 Å². The molecule has 0 bridgehead atoms. The molecule has 24 heavy (non-hydrogen) atoms. The monoisotopic (exact) mass is 344 g/mol. The van der Waals surface area contributed by atoms with E-state index < -0.39 is 0 Å². The molecule has 2 atom stereocenters. The number of nitrogens with zero attached hydrogens (tertiary/aromatic N) is 1. The van der Waals surface area contributed by atoms with Crippen LogP contribution in [-0.2, 0) is 6.42 Å². The van der Waals surface area contributed by atoms with Crippen molar-refractivity contribution in [1.82, 2.24) is 4.90 Å².